The van der Waals surface area contributed by atoms with Crippen LogP contribution in [0.5, 0.6) is 0 Å². The molecule has 1 aromatic heterocycles. The minimum Gasteiger partial charge on any atom is -0.381 e. The highest BCUT2D eigenvalue weighted by atomic mass is 16.5. The Morgan fingerprint density at radius 2 is 1.81 bits per heavy atom. The highest BCUT2D eigenvalue weighted by Crippen LogP contribution is 2.19. The Kier molecular flexibility index (Phi) is 8.68. The zero-order chi connectivity index (χ0) is 22.0. The van der Waals surface area contributed by atoms with E-state index in [9.17, 15) is 4.79 Å². The van der Waals surface area contributed by atoms with Gasteiger partial charge in [-0.3, -0.25) is 4.79 Å². The zero-order valence-electron chi connectivity index (χ0n) is 19.1. The fourth-order valence-corrected chi connectivity index (χ4v) is 4.75. The molecule has 1 aromatic carbocycles. The van der Waals surface area contributed by atoms with Gasteiger partial charge in [-0.25, -0.2) is 0 Å². The number of amides is 1. The Balaban J connectivity index is 1.31. The molecule has 0 aliphatic carbocycles. The van der Waals surface area contributed by atoms with Gasteiger partial charge in [0.25, 0.3) is 0 Å². The largest absolute Gasteiger partial charge is 0.381 e. The van der Waals surface area contributed by atoms with E-state index in [0.29, 0.717) is 24.6 Å². The van der Waals surface area contributed by atoms with Gasteiger partial charge in [0, 0.05) is 44.2 Å². The normalized spacial score (nSPS) is 18.4. The Labute approximate surface area is 191 Å². The number of hydrogen-bond acceptors (Lipinski definition) is 6. The van der Waals surface area contributed by atoms with Crippen LogP contribution in [-0.2, 0) is 16.0 Å². The number of rotatable bonds is 9. The molecule has 174 valence electrons. The fourth-order valence-electron chi connectivity index (χ4n) is 4.75. The molecule has 3 heterocycles. The lowest BCUT2D eigenvalue weighted by Crippen LogP contribution is -2.44. The second kappa shape index (κ2) is 12.1. The number of carbonyl (C=O) groups is 1. The van der Waals surface area contributed by atoms with Crippen LogP contribution in [0.15, 0.2) is 34.9 Å². The van der Waals surface area contributed by atoms with Crippen molar-refractivity contribution < 1.29 is 14.1 Å². The number of likely N-dealkylation sites (tertiary alicyclic amines) is 1. The molecule has 0 bridgehead atoms. The van der Waals surface area contributed by atoms with Crippen LogP contribution in [0.1, 0.15) is 57.3 Å². The van der Waals surface area contributed by atoms with Gasteiger partial charge in [0.1, 0.15) is 0 Å². The molecule has 1 amide bonds. The van der Waals surface area contributed by atoms with Gasteiger partial charge in [0.2, 0.25) is 17.6 Å². The number of ether oxygens (including phenoxy) is 1. The lowest BCUT2D eigenvalue weighted by Gasteiger charge is -2.35. The second-order valence-electron chi connectivity index (χ2n) is 8.92. The topological polar surface area (TPSA) is 71.7 Å². The number of nitrogens with zero attached hydrogens (tertiary/aromatic N) is 4. The molecule has 0 radical (unpaired) electrons. The third kappa shape index (κ3) is 6.62. The average Bonchev–Trinajstić information content (AvgIpc) is 3.17. The summed E-state index contributed by atoms with van der Waals surface area (Å²) in [6.45, 7) is 5.78. The first kappa shape index (κ1) is 22.9. The van der Waals surface area contributed by atoms with Crippen molar-refractivity contribution in [3.8, 4) is 11.4 Å². The smallest absolute Gasteiger partial charge is 0.227 e. The lowest BCUT2D eigenvalue weighted by atomic mass is 10.1. The summed E-state index contributed by atoms with van der Waals surface area (Å²) < 4.78 is 10.9. The van der Waals surface area contributed by atoms with Gasteiger partial charge in [-0.05, 0) is 51.7 Å². The lowest BCUT2D eigenvalue weighted by molar-refractivity contribution is -0.135. The summed E-state index contributed by atoms with van der Waals surface area (Å²) >= 11 is 0. The van der Waals surface area contributed by atoms with Gasteiger partial charge in [-0.15, -0.1) is 0 Å². The standard InChI is InChI=1S/C25H36N4O3/c30-24(12-11-23-26-25(27-32-23)21-9-4-3-5-10-21)29(22-13-19-31-20-14-22)18-8-17-28-15-6-1-2-7-16-28/h3-5,9-10,22H,1-2,6-8,11-20H2. The summed E-state index contributed by atoms with van der Waals surface area (Å²) in [7, 11) is 0. The van der Waals surface area contributed by atoms with E-state index in [1.165, 1.54) is 38.8 Å². The third-order valence-electron chi connectivity index (χ3n) is 6.58. The number of benzene rings is 1. The maximum Gasteiger partial charge on any atom is 0.227 e. The number of hydrogen-bond donors (Lipinski definition) is 0. The predicted octanol–water partition coefficient (Wildman–Crippen LogP) is 3.94. The van der Waals surface area contributed by atoms with Crippen molar-refractivity contribution in [1.82, 2.24) is 19.9 Å². The van der Waals surface area contributed by atoms with Crippen LogP contribution in [0.4, 0.5) is 0 Å². The van der Waals surface area contributed by atoms with Crippen LogP contribution >= 0.6 is 0 Å². The molecule has 2 aliphatic heterocycles. The van der Waals surface area contributed by atoms with Gasteiger partial charge in [0.15, 0.2) is 0 Å². The van der Waals surface area contributed by atoms with Crippen LogP contribution in [0, 0.1) is 0 Å². The summed E-state index contributed by atoms with van der Waals surface area (Å²) in [6, 6.07) is 10.1. The molecule has 0 atom stereocenters. The molecule has 7 nitrogen and oxygen atoms in total. The number of aromatic nitrogens is 2. The number of aryl methyl sites for hydroxylation is 1. The first-order chi connectivity index (χ1) is 15.8. The van der Waals surface area contributed by atoms with Crippen molar-refractivity contribution in [1.29, 1.82) is 0 Å². The summed E-state index contributed by atoms with van der Waals surface area (Å²) in [5, 5.41) is 4.08. The van der Waals surface area contributed by atoms with Crippen LogP contribution in [0.3, 0.4) is 0 Å². The first-order valence-corrected chi connectivity index (χ1v) is 12.3. The Hall–Kier alpha value is -2.25. The summed E-state index contributed by atoms with van der Waals surface area (Å²) in [4.78, 5) is 22.4. The van der Waals surface area contributed by atoms with Gasteiger partial charge >= 0.3 is 0 Å². The maximum absolute atomic E-state index is 13.2. The van der Waals surface area contributed by atoms with Crippen molar-refractivity contribution in [2.45, 2.75) is 63.8 Å². The van der Waals surface area contributed by atoms with Crippen molar-refractivity contribution >= 4 is 5.91 Å². The molecule has 0 N–H and O–H groups in total. The van der Waals surface area contributed by atoms with Crippen LogP contribution in [0.2, 0.25) is 0 Å². The summed E-state index contributed by atoms with van der Waals surface area (Å²) in [5.74, 6) is 1.28. The summed E-state index contributed by atoms with van der Waals surface area (Å²) in [6.07, 6.45) is 9.07. The third-order valence-corrected chi connectivity index (χ3v) is 6.58. The molecule has 32 heavy (non-hydrogen) atoms. The molecular weight excluding hydrogens is 404 g/mol. The van der Waals surface area contributed by atoms with Crippen LogP contribution < -0.4 is 0 Å². The molecule has 2 saturated heterocycles. The zero-order valence-corrected chi connectivity index (χ0v) is 19.1. The van der Waals surface area contributed by atoms with Gasteiger partial charge in [-0.2, -0.15) is 4.98 Å². The van der Waals surface area contributed by atoms with E-state index in [0.717, 1.165) is 51.1 Å². The van der Waals surface area contributed by atoms with E-state index in [1.54, 1.807) is 0 Å². The summed E-state index contributed by atoms with van der Waals surface area (Å²) in [5.41, 5.74) is 0.922. The van der Waals surface area contributed by atoms with Gasteiger partial charge < -0.3 is 19.1 Å². The Bertz CT molecular complexity index is 812. The Morgan fingerprint density at radius 3 is 2.56 bits per heavy atom. The van der Waals surface area contributed by atoms with E-state index in [2.05, 4.69) is 19.9 Å². The maximum atomic E-state index is 13.2. The quantitative estimate of drug-likeness (QED) is 0.588. The van der Waals surface area contributed by atoms with Crippen molar-refractivity contribution in [3.05, 3.63) is 36.2 Å². The van der Waals surface area contributed by atoms with Crippen molar-refractivity contribution in [2.75, 3.05) is 39.4 Å². The van der Waals surface area contributed by atoms with E-state index < -0.39 is 0 Å². The average molecular weight is 441 g/mol. The number of carbonyl (C=O) groups excluding carboxylic acids is 1. The second-order valence-corrected chi connectivity index (χ2v) is 8.92. The van der Waals surface area contributed by atoms with E-state index >= 15 is 0 Å². The molecule has 4 rings (SSSR count). The van der Waals surface area contributed by atoms with E-state index in [-0.39, 0.29) is 11.9 Å². The molecular formula is C25H36N4O3. The molecule has 0 spiro atoms. The van der Waals surface area contributed by atoms with Crippen molar-refractivity contribution in [3.63, 3.8) is 0 Å². The molecule has 2 aromatic rings. The molecule has 2 aliphatic rings. The minimum absolute atomic E-state index is 0.187. The first-order valence-electron chi connectivity index (χ1n) is 12.3. The van der Waals surface area contributed by atoms with Gasteiger partial charge in [0.05, 0.1) is 0 Å². The Morgan fingerprint density at radius 1 is 1.06 bits per heavy atom. The van der Waals surface area contributed by atoms with Crippen LogP contribution in [0.25, 0.3) is 11.4 Å². The predicted molar refractivity (Wildman–Crippen MR) is 123 cm³/mol. The molecule has 2 fully saturated rings. The van der Waals surface area contributed by atoms with Crippen LogP contribution in [-0.4, -0.2) is 71.3 Å². The van der Waals surface area contributed by atoms with E-state index in [4.69, 9.17) is 9.26 Å². The molecule has 0 saturated carbocycles. The van der Waals surface area contributed by atoms with Gasteiger partial charge in [-0.1, -0.05) is 48.3 Å². The van der Waals surface area contributed by atoms with E-state index in [1.807, 2.05) is 30.3 Å². The molecule has 0 unspecified atom stereocenters. The molecule has 7 heteroatoms. The SMILES string of the molecule is O=C(CCc1nc(-c2ccccc2)no1)N(CCCN1CCCCCC1)C1CCOCC1. The highest BCUT2D eigenvalue weighted by molar-refractivity contribution is 5.76. The monoisotopic (exact) mass is 440 g/mol. The fraction of sp³-hybridized carbons (Fsp3) is 0.640. The minimum atomic E-state index is 0.187. The van der Waals surface area contributed by atoms with Crippen molar-refractivity contribution in [2.24, 2.45) is 0 Å². The highest BCUT2D eigenvalue weighted by Gasteiger charge is 2.26.